The van der Waals surface area contributed by atoms with Crippen molar-refractivity contribution in [2.75, 3.05) is 0 Å². The molecule has 0 unspecified atom stereocenters. The predicted molar refractivity (Wildman–Crippen MR) is 58.8 cm³/mol. The second-order valence-corrected chi connectivity index (χ2v) is 3.47. The number of hydrogen-bond acceptors (Lipinski definition) is 3. The van der Waals surface area contributed by atoms with Crippen LogP contribution in [0.3, 0.4) is 0 Å². The fourth-order valence-electron chi connectivity index (χ4n) is 1.40. The van der Waals surface area contributed by atoms with Crippen LogP contribution < -0.4 is 0 Å². The summed E-state index contributed by atoms with van der Waals surface area (Å²) in [7, 11) is 0. The van der Waals surface area contributed by atoms with E-state index in [1.165, 1.54) is 18.5 Å². The smallest absolute Gasteiger partial charge is 0.307 e. The lowest BCUT2D eigenvalue weighted by Gasteiger charge is -2.02. The van der Waals surface area contributed by atoms with Crippen LogP contribution in [-0.4, -0.2) is 21.0 Å². The van der Waals surface area contributed by atoms with Gasteiger partial charge in [-0.2, -0.15) is 0 Å². The molecule has 0 aliphatic rings. The summed E-state index contributed by atoms with van der Waals surface area (Å²) in [5.41, 5.74) is 0.784. The molecule has 4 nitrogen and oxygen atoms in total. The van der Waals surface area contributed by atoms with Crippen LogP contribution in [0.25, 0.3) is 11.4 Å². The van der Waals surface area contributed by atoms with Gasteiger partial charge < -0.3 is 5.11 Å². The fourth-order valence-corrected chi connectivity index (χ4v) is 1.40. The zero-order valence-electron chi connectivity index (χ0n) is 8.80. The number of aliphatic carboxylic acids is 1. The van der Waals surface area contributed by atoms with Crippen LogP contribution in [0.2, 0.25) is 0 Å². The number of carbonyl (C=O) groups is 1. The molecule has 2 aromatic rings. The molecule has 0 spiro atoms. The first kappa shape index (κ1) is 11.2. The zero-order valence-corrected chi connectivity index (χ0v) is 8.80. The molecule has 1 aromatic heterocycles. The summed E-state index contributed by atoms with van der Waals surface area (Å²) >= 11 is 0. The maximum Gasteiger partial charge on any atom is 0.307 e. The molecule has 0 aliphatic carbocycles. The molecule has 0 radical (unpaired) electrons. The summed E-state index contributed by atoms with van der Waals surface area (Å²) in [6.45, 7) is 0. The Morgan fingerprint density at radius 3 is 2.47 bits per heavy atom. The zero-order chi connectivity index (χ0) is 12.3. The van der Waals surface area contributed by atoms with Crippen LogP contribution in [0.1, 0.15) is 5.56 Å². The van der Waals surface area contributed by atoms with E-state index in [4.69, 9.17) is 5.11 Å². The Balaban J connectivity index is 2.30. The highest BCUT2D eigenvalue weighted by Crippen LogP contribution is 2.17. The van der Waals surface area contributed by atoms with Gasteiger partial charge in [-0.1, -0.05) is 12.1 Å². The fraction of sp³-hybridized carbons (Fsp3) is 0.0833. The van der Waals surface area contributed by atoms with Crippen LogP contribution in [0.15, 0.2) is 36.7 Å². The van der Waals surface area contributed by atoms with Crippen LogP contribution >= 0.6 is 0 Å². The average molecular weight is 232 g/mol. The van der Waals surface area contributed by atoms with Gasteiger partial charge in [-0.25, -0.2) is 14.4 Å². The van der Waals surface area contributed by atoms with E-state index in [-0.39, 0.29) is 12.2 Å². The minimum Gasteiger partial charge on any atom is -0.481 e. The molecule has 0 bridgehead atoms. The van der Waals surface area contributed by atoms with Gasteiger partial charge in [-0.3, -0.25) is 4.79 Å². The Morgan fingerprint density at radius 1 is 1.24 bits per heavy atom. The van der Waals surface area contributed by atoms with E-state index in [1.54, 1.807) is 18.2 Å². The van der Waals surface area contributed by atoms with Crippen molar-refractivity contribution in [2.24, 2.45) is 0 Å². The second kappa shape index (κ2) is 4.69. The maximum atomic E-state index is 13.4. The first-order chi connectivity index (χ1) is 8.16. The van der Waals surface area contributed by atoms with Crippen LogP contribution in [0.4, 0.5) is 4.39 Å². The molecule has 0 saturated heterocycles. The SMILES string of the molecule is O=C(O)Cc1cnc(-c2ccccc2F)nc1. The van der Waals surface area contributed by atoms with Gasteiger partial charge in [0.05, 0.1) is 12.0 Å². The van der Waals surface area contributed by atoms with Gasteiger partial charge in [0.1, 0.15) is 5.82 Å². The van der Waals surface area contributed by atoms with Crippen LogP contribution in [0.5, 0.6) is 0 Å². The standard InChI is InChI=1S/C12H9FN2O2/c13-10-4-2-1-3-9(10)12-14-6-8(7-15-12)5-11(16)17/h1-4,6-7H,5H2,(H,16,17). The molecule has 1 aromatic carbocycles. The number of rotatable bonds is 3. The Hall–Kier alpha value is -2.30. The lowest BCUT2D eigenvalue weighted by molar-refractivity contribution is -0.136. The summed E-state index contributed by atoms with van der Waals surface area (Å²) < 4.78 is 13.4. The molecule has 1 N–H and O–H groups in total. The summed E-state index contributed by atoms with van der Waals surface area (Å²) in [5.74, 6) is -1.11. The quantitative estimate of drug-likeness (QED) is 0.877. The first-order valence-electron chi connectivity index (χ1n) is 4.94. The second-order valence-electron chi connectivity index (χ2n) is 3.47. The average Bonchev–Trinajstić information content (AvgIpc) is 2.30. The highest BCUT2D eigenvalue weighted by Gasteiger charge is 2.07. The number of hydrogen-bond donors (Lipinski definition) is 1. The number of carboxylic acid groups (broad SMARTS) is 1. The van der Waals surface area contributed by atoms with Crippen molar-refractivity contribution in [3.05, 3.63) is 48.0 Å². The minimum absolute atomic E-state index is 0.141. The lowest BCUT2D eigenvalue weighted by Crippen LogP contribution is -2.02. The summed E-state index contributed by atoms with van der Waals surface area (Å²) in [6, 6.07) is 6.16. The topological polar surface area (TPSA) is 63.1 Å². The molecule has 0 amide bonds. The van der Waals surface area contributed by atoms with E-state index in [1.807, 2.05) is 0 Å². The molecule has 0 aliphatic heterocycles. The molecule has 5 heteroatoms. The number of halogens is 1. The van der Waals surface area contributed by atoms with Gasteiger partial charge in [0, 0.05) is 12.4 Å². The lowest BCUT2D eigenvalue weighted by atomic mass is 10.2. The molecular formula is C12H9FN2O2. The van der Waals surface area contributed by atoms with Gasteiger partial charge in [-0.05, 0) is 17.7 Å². The van der Waals surface area contributed by atoms with Crippen molar-refractivity contribution in [1.29, 1.82) is 0 Å². The molecule has 2 rings (SSSR count). The van der Waals surface area contributed by atoms with Crippen LogP contribution in [-0.2, 0) is 11.2 Å². The minimum atomic E-state index is -0.952. The largest absolute Gasteiger partial charge is 0.481 e. The Kier molecular flexibility index (Phi) is 3.09. The molecule has 17 heavy (non-hydrogen) atoms. The van der Waals surface area contributed by atoms with Crippen molar-refractivity contribution in [2.45, 2.75) is 6.42 Å². The van der Waals surface area contributed by atoms with Gasteiger partial charge in [0.2, 0.25) is 0 Å². The van der Waals surface area contributed by atoms with Gasteiger partial charge >= 0.3 is 5.97 Å². The van der Waals surface area contributed by atoms with E-state index in [2.05, 4.69) is 9.97 Å². The highest BCUT2D eigenvalue weighted by atomic mass is 19.1. The number of nitrogens with zero attached hydrogens (tertiary/aromatic N) is 2. The van der Waals surface area contributed by atoms with Crippen molar-refractivity contribution >= 4 is 5.97 Å². The maximum absolute atomic E-state index is 13.4. The number of benzene rings is 1. The van der Waals surface area contributed by atoms with Crippen LogP contribution in [0, 0.1) is 5.82 Å². The molecule has 0 fully saturated rings. The summed E-state index contributed by atoms with van der Waals surface area (Å²) in [5, 5.41) is 8.58. The summed E-state index contributed by atoms with van der Waals surface area (Å²) in [6.07, 6.45) is 2.64. The molecule has 0 saturated carbocycles. The number of carboxylic acids is 1. The van der Waals surface area contributed by atoms with E-state index >= 15 is 0 Å². The normalized spacial score (nSPS) is 10.2. The molecular weight excluding hydrogens is 223 g/mol. The van der Waals surface area contributed by atoms with Gasteiger partial charge in [0.25, 0.3) is 0 Å². The Morgan fingerprint density at radius 2 is 1.88 bits per heavy atom. The Labute approximate surface area is 96.8 Å². The summed E-state index contributed by atoms with van der Waals surface area (Å²) in [4.78, 5) is 18.4. The monoisotopic (exact) mass is 232 g/mol. The van der Waals surface area contributed by atoms with Crippen molar-refractivity contribution in [1.82, 2.24) is 9.97 Å². The molecule has 1 heterocycles. The van der Waals surface area contributed by atoms with E-state index in [0.717, 1.165) is 0 Å². The predicted octanol–water partition coefficient (Wildman–Crippen LogP) is 1.91. The van der Waals surface area contributed by atoms with E-state index in [0.29, 0.717) is 11.1 Å². The molecule has 86 valence electrons. The third-order valence-electron chi connectivity index (χ3n) is 2.18. The van der Waals surface area contributed by atoms with Gasteiger partial charge in [-0.15, -0.1) is 0 Å². The van der Waals surface area contributed by atoms with Crippen molar-refractivity contribution < 1.29 is 14.3 Å². The first-order valence-corrected chi connectivity index (χ1v) is 4.94. The van der Waals surface area contributed by atoms with E-state index in [9.17, 15) is 9.18 Å². The Bertz CT molecular complexity index is 540. The molecule has 0 atom stereocenters. The third kappa shape index (κ3) is 2.63. The van der Waals surface area contributed by atoms with Crippen molar-refractivity contribution in [3.63, 3.8) is 0 Å². The van der Waals surface area contributed by atoms with E-state index < -0.39 is 11.8 Å². The van der Waals surface area contributed by atoms with Crippen molar-refractivity contribution in [3.8, 4) is 11.4 Å². The third-order valence-corrected chi connectivity index (χ3v) is 2.18. The van der Waals surface area contributed by atoms with Gasteiger partial charge in [0.15, 0.2) is 5.82 Å². The highest BCUT2D eigenvalue weighted by molar-refractivity contribution is 5.70. The number of aromatic nitrogens is 2.